The molecule has 0 fully saturated rings. The zero-order valence-electron chi connectivity index (χ0n) is 7.06. The van der Waals surface area contributed by atoms with Crippen molar-refractivity contribution in [3.63, 3.8) is 0 Å². The number of hydrogen-bond donors (Lipinski definition) is 1. The van der Waals surface area contributed by atoms with Crippen molar-refractivity contribution in [2.45, 2.75) is 6.42 Å². The summed E-state index contributed by atoms with van der Waals surface area (Å²) in [5, 5.41) is 1.26. The molecule has 0 aliphatic carbocycles. The van der Waals surface area contributed by atoms with Crippen molar-refractivity contribution in [3.8, 4) is 0 Å². The SMILES string of the molecule is Cl.NCCc1nsc2ccccc12. The van der Waals surface area contributed by atoms with Gasteiger partial charge in [0.25, 0.3) is 0 Å². The van der Waals surface area contributed by atoms with Crippen LogP contribution in [0.1, 0.15) is 5.69 Å². The van der Waals surface area contributed by atoms with Gasteiger partial charge in [-0.2, -0.15) is 4.37 Å². The summed E-state index contributed by atoms with van der Waals surface area (Å²) in [6.07, 6.45) is 0.879. The van der Waals surface area contributed by atoms with Gasteiger partial charge in [0.2, 0.25) is 0 Å². The van der Waals surface area contributed by atoms with Crippen molar-refractivity contribution in [2.75, 3.05) is 6.54 Å². The zero-order chi connectivity index (χ0) is 8.39. The van der Waals surface area contributed by atoms with E-state index < -0.39 is 0 Å². The minimum absolute atomic E-state index is 0. The molecular formula is C9H11ClN2S. The largest absolute Gasteiger partial charge is 0.330 e. The maximum atomic E-state index is 5.48. The maximum absolute atomic E-state index is 5.48. The standard InChI is InChI=1S/C9H10N2S.ClH/c10-6-5-8-7-3-1-2-4-9(7)12-11-8;/h1-4H,5-6,10H2;1H. The molecule has 0 unspecified atom stereocenters. The smallest absolute Gasteiger partial charge is 0.0633 e. The van der Waals surface area contributed by atoms with Crippen LogP contribution in [0.4, 0.5) is 0 Å². The highest BCUT2D eigenvalue weighted by Gasteiger charge is 2.02. The second-order valence-electron chi connectivity index (χ2n) is 2.66. The molecule has 2 aromatic rings. The van der Waals surface area contributed by atoms with Crippen LogP contribution in [-0.4, -0.2) is 10.9 Å². The number of aromatic nitrogens is 1. The fraction of sp³-hybridized carbons (Fsp3) is 0.222. The summed E-state index contributed by atoms with van der Waals surface area (Å²) < 4.78 is 5.60. The summed E-state index contributed by atoms with van der Waals surface area (Å²) in [5.74, 6) is 0. The van der Waals surface area contributed by atoms with Gasteiger partial charge in [0.1, 0.15) is 0 Å². The van der Waals surface area contributed by atoms with Crippen LogP contribution in [0.2, 0.25) is 0 Å². The number of fused-ring (bicyclic) bond motifs is 1. The first-order valence-corrected chi connectivity index (χ1v) is 4.72. The van der Waals surface area contributed by atoms with Crippen molar-refractivity contribution < 1.29 is 0 Å². The van der Waals surface area contributed by atoms with Crippen LogP contribution < -0.4 is 5.73 Å². The average molecular weight is 215 g/mol. The molecule has 0 saturated carbocycles. The van der Waals surface area contributed by atoms with Gasteiger partial charge in [0.05, 0.1) is 10.4 Å². The van der Waals surface area contributed by atoms with E-state index in [2.05, 4.69) is 16.5 Å². The first-order chi connectivity index (χ1) is 5.92. The lowest BCUT2D eigenvalue weighted by Crippen LogP contribution is -2.02. The number of nitrogens with zero attached hydrogens (tertiary/aromatic N) is 1. The lowest BCUT2D eigenvalue weighted by molar-refractivity contribution is 0.953. The van der Waals surface area contributed by atoms with Gasteiger partial charge in [0.15, 0.2) is 0 Å². The molecule has 13 heavy (non-hydrogen) atoms. The van der Waals surface area contributed by atoms with Crippen LogP contribution >= 0.6 is 23.9 Å². The van der Waals surface area contributed by atoms with Crippen LogP contribution in [0.15, 0.2) is 24.3 Å². The minimum atomic E-state index is 0. The molecule has 4 heteroatoms. The Bertz CT molecular complexity index is 386. The number of benzene rings is 1. The Morgan fingerprint density at radius 2 is 2.08 bits per heavy atom. The second kappa shape index (κ2) is 4.56. The Kier molecular flexibility index (Phi) is 3.66. The van der Waals surface area contributed by atoms with E-state index in [-0.39, 0.29) is 12.4 Å². The molecule has 2 N–H and O–H groups in total. The van der Waals surface area contributed by atoms with Crippen LogP contribution in [0.5, 0.6) is 0 Å². The summed E-state index contributed by atoms with van der Waals surface area (Å²) in [6, 6.07) is 8.26. The first kappa shape index (κ1) is 10.4. The third-order valence-corrected chi connectivity index (χ3v) is 2.70. The second-order valence-corrected chi connectivity index (χ2v) is 3.47. The molecular weight excluding hydrogens is 204 g/mol. The van der Waals surface area contributed by atoms with Gasteiger partial charge in [-0.3, -0.25) is 0 Å². The van der Waals surface area contributed by atoms with Crippen molar-refractivity contribution in [3.05, 3.63) is 30.0 Å². The van der Waals surface area contributed by atoms with Crippen LogP contribution in [0, 0.1) is 0 Å². The molecule has 2 nitrogen and oxygen atoms in total. The Labute approximate surface area is 87.3 Å². The average Bonchev–Trinajstić information content (AvgIpc) is 2.50. The number of halogens is 1. The molecule has 0 bridgehead atoms. The van der Waals surface area contributed by atoms with Gasteiger partial charge >= 0.3 is 0 Å². The quantitative estimate of drug-likeness (QED) is 0.833. The van der Waals surface area contributed by atoms with Crippen molar-refractivity contribution in [1.82, 2.24) is 4.37 Å². The van der Waals surface area contributed by atoms with Gasteiger partial charge in [-0.05, 0) is 24.1 Å². The van der Waals surface area contributed by atoms with E-state index in [1.807, 2.05) is 12.1 Å². The zero-order valence-corrected chi connectivity index (χ0v) is 8.70. The molecule has 0 amide bonds. The molecule has 1 heterocycles. The van der Waals surface area contributed by atoms with E-state index in [0.717, 1.165) is 12.1 Å². The van der Waals surface area contributed by atoms with E-state index in [1.54, 1.807) is 11.5 Å². The summed E-state index contributed by atoms with van der Waals surface area (Å²) in [6.45, 7) is 0.674. The number of rotatable bonds is 2. The maximum Gasteiger partial charge on any atom is 0.0633 e. The molecule has 2 rings (SSSR count). The summed E-state index contributed by atoms with van der Waals surface area (Å²) >= 11 is 1.55. The highest BCUT2D eigenvalue weighted by Crippen LogP contribution is 2.21. The predicted octanol–water partition coefficient (Wildman–Crippen LogP) is 2.22. The van der Waals surface area contributed by atoms with Crippen molar-refractivity contribution >= 4 is 34.0 Å². The van der Waals surface area contributed by atoms with Crippen LogP contribution in [-0.2, 0) is 6.42 Å². The normalized spacial score (nSPS) is 9.92. The van der Waals surface area contributed by atoms with E-state index in [0.29, 0.717) is 6.54 Å². The highest BCUT2D eigenvalue weighted by atomic mass is 35.5. The third-order valence-electron chi connectivity index (χ3n) is 1.83. The topological polar surface area (TPSA) is 38.9 Å². The Balaban J connectivity index is 0.000000845. The van der Waals surface area contributed by atoms with Gasteiger partial charge in [-0.1, -0.05) is 18.2 Å². The Morgan fingerprint density at radius 1 is 1.31 bits per heavy atom. The van der Waals surface area contributed by atoms with Gasteiger partial charge < -0.3 is 5.73 Å². The molecule has 1 aromatic heterocycles. The molecule has 1 aromatic carbocycles. The van der Waals surface area contributed by atoms with Crippen LogP contribution in [0.3, 0.4) is 0 Å². The number of hydrogen-bond acceptors (Lipinski definition) is 3. The molecule has 0 radical (unpaired) electrons. The molecule has 70 valence electrons. The summed E-state index contributed by atoms with van der Waals surface area (Å²) in [4.78, 5) is 0. The van der Waals surface area contributed by atoms with Gasteiger partial charge in [-0.15, -0.1) is 12.4 Å². The van der Waals surface area contributed by atoms with E-state index in [4.69, 9.17) is 5.73 Å². The summed E-state index contributed by atoms with van der Waals surface area (Å²) in [5.41, 5.74) is 6.61. The van der Waals surface area contributed by atoms with Gasteiger partial charge in [0, 0.05) is 11.8 Å². The van der Waals surface area contributed by atoms with E-state index in [1.165, 1.54) is 10.1 Å². The molecule has 0 saturated heterocycles. The fourth-order valence-electron chi connectivity index (χ4n) is 1.26. The van der Waals surface area contributed by atoms with Crippen molar-refractivity contribution in [2.24, 2.45) is 5.73 Å². The molecule has 0 aliphatic heterocycles. The highest BCUT2D eigenvalue weighted by molar-refractivity contribution is 7.13. The molecule has 0 spiro atoms. The van der Waals surface area contributed by atoms with Crippen molar-refractivity contribution in [1.29, 1.82) is 0 Å². The van der Waals surface area contributed by atoms with E-state index >= 15 is 0 Å². The lowest BCUT2D eigenvalue weighted by Gasteiger charge is -1.92. The summed E-state index contributed by atoms with van der Waals surface area (Å²) in [7, 11) is 0. The fourth-order valence-corrected chi connectivity index (χ4v) is 2.08. The predicted molar refractivity (Wildman–Crippen MR) is 59.6 cm³/mol. The Morgan fingerprint density at radius 3 is 2.85 bits per heavy atom. The monoisotopic (exact) mass is 214 g/mol. The third kappa shape index (κ3) is 1.99. The molecule has 0 aliphatic rings. The van der Waals surface area contributed by atoms with Crippen LogP contribution in [0.25, 0.3) is 10.1 Å². The Hall–Kier alpha value is -0.640. The lowest BCUT2D eigenvalue weighted by atomic mass is 10.2. The van der Waals surface area contributed by atoms with Gasteiger partial charge in [-0.25, -0.2) is 0 Å². The minimum Gasteiger partial charge on any atom is -0.330 e. The number of nitrogens with two attached hydrogens (primary N) is 1. The molecule has 0 atom stereocenters. The van der Waals surface area contributed by atoms with E-state index in [9.17, 15) is 0 Å². The first-order valence-electron chi connectivity index (χ1n) is 3.95.